The Morgan fingerprint density at radius 1 is 1.25 bits per heavy atom. The smallest absolute Gasteiger partial charge is 0.222 e. The molecule has 0 bridgehead atoms. The summed E-state index contributed by atoms with van der Waals surface area (Å²) in [6.45, 7) is 12.0. The second kappa shape index (κ2) is 7.44. The van der Waals surface area contributed by atoms with Crippen molar-refractivity contribution >= 4 is 5.91 Å². The first kappa shape index (κ1) is 17.5. The average molecular weight is 282 g/mol. The molecule has 0 aromatic heterocycles. The zero-order valence-corrected chi connectivity index (χ0v) is 14.3. The molecule has 1 aliphatic rings. The molecule has 0 aromatic rings. The van der Waals surface area contributed by atoms with Crippen LogP contribution in [-0.4, -0.2) is 36.5 Å². The number of hydrogen-bond acceptors (Lipinski definition) is 2. The van der Waals surface area contributed by atoms with Crippen LogP contribution in [0, 0.1) is 11.3 Å². The highest BCUT2D eigenvalue weighted by Crippen LogP contribution is 2.29. The highest BCUT2D eigenvalue weighted by Gasteiger charge is 2.29. The molecule has 3 heteroatoms. The second-order valence-electron chi connectivity index (χ2n) is 7.54. The maximum Gasteiger partial charge on any atom is 0.222 e. The standard InChI is InChI=1S/C17H34N2O/c1-7-18-14-8-10-15(11-9-14)19(6)16(20)12-13(2)17(3,4)5/h13-15,18H,7-12H2,1-6H3. The number of carbonyl (C=O) groups is 1. The molecule has 0 saturated heterocycles. The van der Waals surface area contributed by atoms with Crippen LogP contribution < -0.4 is 5.32 Å². The molecule has 0 spiro atoms. The lowest BCUT2D eigenvalue weighted by molar-refractivity contribution is -0.134. The Labute approximate surface area is 125 Å². The maximum absolute atomic E-state index is 12.4. The summed E-state index contributed by atoms with van der Waals surface area (Å²) in [6, 6.07) is 1.11. The van der Waals surface area contributed by atoms with Crippen molar-refractivity contribution < 1.29 is 4.79 Å². The molecular formula is C17H34N2O. The van der Waals surface area contributed by atoms with Crippen LogP contribution in [0.3, 0.4) is 0 Å². The first-order valence-corrected chi connectivity index (χ1v) is 8.24. The van der Waals surface area contributed by atoms with Gasteiger partial charge in [0.2, 0.25) is 5.91 Å². The fraction of sp³-hybridized carbons (Fsp3) is 0.941. The number of nitrogens with zero attached hydrogens (tertiary/aromatic N) is 1. The van der Waals surface area contributed by atoms with Crippen LogP contribution in [0.1, 0.15) is 66.7 Å². The Hall–Kier alpha value is -0.570. The van der Waals surface area contributed by atoms with Gasteiger partial charge in [0.05, 0.1) is 0 Å². The van der Waals surface area contributed by atoms with Crippen molar-refractivity contribution in [3.8, 4) is 0 Å². The normalized spacial score (nSPS) is 25.3. The number of nitrogens with one attached hydrogen (secondary N) is 1. The lowest BCUT2D eigenvalue weighted by atomic mass is 9.79. The number of carbonyl (C=O) groups excluding carboxylic acids is 1. The summed E-state index contributed by atoms with van der Waals surface area (Å²) in [5.74, 6) is 0.745. The third kappa shape index (κ3) is 5.08. The summed E-state index contributed by atoms with van der Waals surface area (Å²) in [5, 5.41) is 3.52. The largest absolute Gasteiger partial charge is 0.343 e. The van der Waals surface area contributed by atoms with E-state index in [4.69, 9.17) is 0 Å². The van der Waals surface area contributed by atoms with Crippen LogP contribution in [0.2, 0.25) is 0 Å². The van der Waals surface area contributed by atoms with E-state index in [9.17, 15) is 4.79 Å². The van der Waals surface area contributed by atoms with E-state index in [2.05, 4.69) is 39.9 Å². The van der Waals surface area contributed by atoms with Crippen LogP contribution in [-0.2, 0) is 4.79 Å². The molecule has 1 amide bonds. The Balaban J connectivity index is 2.42. The van der Waals surface area contributed by atoms with Gasteiger partial charge in [-0.05, 0) is 43.6 Å². The van der Waals surface area contributed by atoms with Gasteiger partial charge >= 0.3 is 0 Å². The third-order valence-electron chi connectivity index (χ3n) is 5.09. The number of hydrogen-bond donors (Lipinski definition) is 1. The molecule has 1 aliphatic carbocycles. The molecule has 1 atom stereocenters. The van der Waals surface area contributed by atoms with Gasteiger partial charge in [-0.2, -0.15) is 0 Å². The summed E-state index contributed by atoms with van der Waals surface area (Å²) < 4.78 is 0. The summed E-state index contributed by atoms with van der Waals surface area (Å²) in [6.07, 6.45) is 5.36. The molecule has 0 aliphatic heterocycles. The third-order valence-corrected chi connectivity index (χ3v) is 5.09. The molecule has 0 aromatic carbocycles. The number of rotatable bonds is 5. The highest BCUT2D eigenvalue weighted by molar-refractivity contribution is 5.76. The van der Waals surface area contributed by atoms with Crippen LogP contribution in [0.4, 0.5) is 0 Å². The van der Waals surface area contributed by atoms with Gasteiger partial charge in [0, 0.05) is 25.6 Å². The van der Waals surface area contributed by atoms with Gasteiger partial charge in [0.1, 0.15) is 0 Å². The maximum atomic E-state index is 12.4. The molecule has 1 unspecified atom stereocenters. The monoisotopic (exact) mass is 282 g/mol. The van der Waals surface area contributed by atoms with Gasteiger partial charge < -0.3 is 10.2 Å². The Morgan fingerprint density at radius 3 is 2.25 bits per heavy atom. The second-order valence-corrected chi connectivity index (χ2v) is 7.54. The molecule has 3 nitrogen and oxygen atoms in total. The molecule has 1 rings (SSSR count). The van der Waals surface area contributed by atoms with Crippen molar-refractivity contribution in [2.75, 3.05) is 13.6 Å². The SMILES string of the molecule is CCNC1CCC(N(C)C(=O)CC(C)C(C)(C)C)CC1. The van der Waals surface area contributed by atoms with E-state index in [1.165, 1.54) is 12.8 Å². The van der Waals surface area contributed by atoms with Crippen molar-refractivity contribution in [2.45, 2.75) is 78.8 Å². The molecule has 1 N–H and O–H groups in total. The van der Waals surface area contributed by atoms with Gasteiger partial charge in [0.15, 0.2) is 0 Å². The van der Waals surface area contributed by atoms with Gasteiger partial charge in [-0.1, -0.05) is 34.6 Å². The molecule has 1 saturated carbocycles. The van der Waals surface area contributed by atoms with Crippen LogP contribution >= 0.6 is 0 Å². The molecule has 118 valence electrons. The van der Waals surface area contributed by atoms with E-state index in [-0.39, 0.29) is 5.41 Å². The van der Waals surface area contributed by atoms with E-state index in [0.717, 1.165) is 19.4 Å². The van der Waals surface area contributed by atoms with Crippen molar-refractivity contribution in [2.24, 2.45) is 11.3 Å². The highest BCUT2D eigenvalue weighted by atomic mass is 16.2. The first-order valence-electron chi connectivity index (χ1n) is 8.24. The summed E-state index contributed by atoms with van der Waals surface area (Å²) in [4.78, 5) is 14.4. The predicted molar refractivity (Wildman–Crippen MR) is 85.7 cm³/mol. The fourth-order valence-electron chi connectivity index (χ4n) is 2.87. The minimum absolute atomic E-state index is 0.208. The van der Waals surface area contributed by atoms with Crippen molar-refractivity contribution in [3.05, 3.63) is 0 Å². The lowest BCUT2D eigenvalue weighted by Gasteiger charge is -2.36. The summed E-state index contributed by atoms with van der Waals surface area (Å²) in [7, 11) is 2.00. The molecule has 20 heavy (non-hydrogen) atoms. The Bertz CT molecular complexity index is 301. The van der Waals surface area contributed by atoms with E-state index < -0.39 is 0 Å². The van der Waals surface area contributed by atoms with E-state index in [0.29, 0.717) is 30.3 Å². The zero-order valence-electron chi connectivity index (χ0n) is 14.3. The topological polar surface area (TPSA) is 32.3 Å². The fourth-order valence-corrected chi connectivity index (χ4v) is 2.87. The quantitative estimate of drug-likeness (QED) is 0.838. The van der Waals surface area contributed by atoms with Gasteiger partial charge in [0.25, 0.3) is 0 Å². The minimum atomic E-state index is 0.208. The molecule has 0 radical (unpaired) electrons. The molecule has 1 fully saturated rings. The Kier molecular flexibility index (Phi) is 6.50. The molecule has 0 heterocycles. The van der Waals surface area contributed by atoms with E-state index in [1.807, 2.05) is 11.9 Å². The van der Waals surface area contributed by atoms with Crippen molar-refractivity contribution in [1.82, 2.24) is 10.2 Å². The summed E-state index contributed by atoms with van der Waals surface area (Å²) in [5.41, 5.74) is 0.208. The van der Waals surface area contributed by atoms with Crippen LogP contribution in [0.5, 0.6) is 0 Å². The Morgan fingerprint density at radius 2 is 1.80 bits per heavy atom. The van der Waals surface area contributed by atoms with Gasteiger partial charge in [-0.15, -0.1) is 0 Å². The first-order chi connectivity index (χ1) is 9.25. The zero-order chi connectivity index (χ0) is 15.3. The van der Waals surface area contributed by atoms with Crippen LogP contribution in [0.15, 0.2) is 0 Å². The van der Waals surface area contributed by atoms with E-state index >= 15 is 0 Å². The van der Waals surface area contributed by atoms with Gasteiger partial charge in [-0.25, -0.2) is 0 Å². The van der Waals surface area contributed by atoms with Gasteiger partial charge in [-0.3, -0.25) is 4.79 Å². The van der Waals surface area contributed by atoms with Crippen molar-refractivity contribution in [3.63, 3.8) is 0 Å². The average Bonchev–Trinajstić information content (AvgIpc) is 2.38. The van der Waals surface area contributed by atoms with Crippen molar-refractivity contribution in [1.29, 1.82) is 0 Å². The minimum Gasteiger partial charge on any atom is -0.343 e. The lowest BCUT2D eigenvalue weighted by Crippen LogP contribution is -2.44. The van der Waals surface area contributed by atoms with Crippen LogP contribution in [0.25, 0.3) is 0 Å². The van der Waals surface area contributed by atoms with E-state index in [1.54, 1.807) is 0 Å². The molecular weight excluding hydrogens is 248 g/mol. The number of amides is 1. The predicted octanol–water partition coefficient (Wildman–Crippen LogP) is 3.44. The summed E-state index contributed by atoms with van der Waals surface area (Å²) >= 11 is 0.